The molecule has 0 fully saturated rings. The van der Waals surface area contributed by atoms with Gasteiger partial charge in [-0.15, -0.1) is 0 Å². The number of anilines is 1. The number of rotatable bonds is 6. The minimum atomic E-state index is 1.04. The number of unbranched alkanes of at least 4 members (excludes halogenated alkanes) is 1. The van der Waals surface area contributed by atoms with Gasteiger partial charge >= 0.3 is 0 Å². The maximum atomic E-state index is 3.54. The molecule has 0 aliphatic rings. The first-order chi connectivity index (χ1) is 9.70. The van der Waals surface area contributed by atoms with Gasteiger partial charge in [-0.05, 0) is 44.0 Å². The lowest BCUT2D eigenvalue weighted by atomic mass is 10.2. The zero-order valence-corrected chi connectivity index (χ0v) is 13.4. The molecular weight excluding hydrogens is 262 g/mol. The van der Waals surface area contributed by atoms with Crippen LogP contribution in [0, 0.1) is 13.8 Å². The molecule has 2 aromatic carbocycles. The van der Waals surface area contributed by atoms with Crippen molar-refractivity contribution in [1.82, 2.24) is 0 Å². The summed E-state index contributed by atoms with van der Waals surface area (Å²) in [5.41, 5.74) is 3.91. The van der Waals surface area contributed by atoms with Gasteiger partial charge in [-0.1, -0.05) is 54.9 Å². The van der Waals surface area contributed by atoms with Crippen LogP contribution in [0.4, 0.5) is 5.69 Å². The monoisotopic (exact) mass is 285 g/mol. The van der Waals surface area contributed by atoms with Crippen LogP contribution in [0.15, 0.2) is 52.3 Å². The van der Waals surface area contributed by atoms with Crippen molar-refractivity contribution >= 4 is 17.4 Å². The quantitative estimate of drug-likeness (QED) is 0.687. The molecule has 0 saturated carbocycles. The zero-order chi connectivity index (χ0) is 14.4. The fraction of sp³-hybridized carbons (Fsp3) is 0.333. The van der Waals surface area contributed by atoms with E-state index in [0.717, 1.165) is 6.54 Å². The number of nitrogens with one attached hydrogen (secondary N) is 1. The van der Waals surface area contributed by atoms with Gasteiger partial charge in [0.25, 0.3) is 0 Å². The second-order valence-electron chi connectivity index (χ2n) is 5.15. The first kappa shape index (κ1) is 15.0. The van der Waals surface area contributed by atoms with Crippen molar-refractivity contribution < 1.29 is 0 Å². The molecule has 0 heterocycles. The number of hydrogen-bond donors (Lipinski definition) is 1. The first-order valence-electron chi connectivity index (χ1n) is 7.28. The van der Waals surface area contributed by atoms with Crippen LogP contribution in [0.5, 0.6) is 0 Å². The molecule has 20 heavy (non-hydrogen) atoms. The lowest BCUT2D eigenvalue weighted by Crippen LogP contribution is -2.01. The molecule has 0 aliphatic heterocycles. The van der Waals surface area contributed by atoms with Crippen molar-refractivity contribution in [2.45, 2.75) is 43.4 Å². The zero-order valence-electron chi connectivity index (χ0n) is 12.6. The Balaban J connectivity index is 2.16. The van der Waals surface area contributed by atoms with E-state index < -0.39 is 0 Å². The van der Waals surface area contributed by atoms with E-state index in [1.807, 2.05) is 11.8 Å². The van der Waals surface area contributed by atoms with Crippen LogP contribution >= 0.6 is 11.8 Å². The molecule has 2 heteroatoms. The maximum Gasteiger partial charge on any atom is 0.0482 e. The van der Waals surface area contributed by atoms with Gasteiger partial charge in [-0.25, -0.2) is 0 Å². The molecule has 0 aromatic heterocycles. The van der Waals surface area contributed by atoms with Crippen molar-refractivity contribution in [1.29, 1.82) is 0 Å². The van der Waals surface area contributed by atoms with Gasteiger partial charge in [0.15, 0.2) is 0 Å². The van der Waals surface area contributed by atoms with Gasteiger partial charge in [-0.3, -0.25) is 0 Å². The van der Waals surface area contributed by atoms with Crippen LogP contribution in [-0.4, -0.2) is 6.54 Å². The van der Waals surface area contributed by atoms with E-state index >= 15 is 0 Å². The summed E-state index contributed by atoms with van der Waals surface area (Å²) in [5, 5.41) is 3.54. The number of aryl methyl sites for hydroxylation is 2. The van der Waals surface area contributed by atoms with Crippen molar-refractivity contribution in [3.8, 4) is 0 Å². The highest BCUT2D eigenvalue weighted by Gasteiger charge is 2.05. The molecule has 1 nitrogen and oxygen atoms in total. The number of hydrogen-bond acceptors (Lipinski definition) is 2. The van der Waals surface area contributed by atoms with Gasteiger partial charge in [0.2, 0.25) is 0 Å². The molecule has 106 valence electrons. The van der Waals surface area contributed by atoms with E-state index in [0.29, 0.717) is 0 Å². The van der Waals surface area contributed by atoms with E-state index in [1.165, 1.54) is 39.4 Å². The molecule has 0 unspecified atom stereocenters. The normalized spacial score (nSPS) is 10.6. The lowest BCUT2D eigenvalue weighted by Gasteiger charge is -2.12. The number of benzene rings is 2. The molecule has 0 amide bonds. The predicted molar refractivity (Wildman–Crippen MR) is 89.9 cm³/mol. The molecule has 2 aromatic rings. The summed E-state index contributed by atoms with van der Waals surface area (Å²) < 4.78 is 0. The Labute approximate surface area is 126 Å². The second-order valence-corrected chi connectivity index (χ2v) is 6.23. The average molecular weight is 285 g/mol. The van der Waals surface area contributed by atoms with Gasteiger partial charge in [0, 0.05) is 22.0 Å². The highest BCUT2D eigenvalue weighted by molar-refractivity contribution is 7.99. The minimum absolute atomic E-state index is 1.04. The van der Waals surface area contributed by atoms with Crippen molar-refractivity contribution in [3.63, 3.8) is 0 Å². The van der Waals surface area contributed by atoms with Crippen molar-refractivity contribution in [2.24, 2.45) is 0 Å². The van der Waals surface area contributed by atoms with Crippen LogP contribution in [0.25, 0.3) is 0 Å². The lowest BCUT2D eigenvalue weighted by molar-refractivity contribution is 0.832. The third kappa shape index (κ3) is 4.04. The molecule has 2 rings (SSSR count). The Morgan fingerprint density at radius 3 is 2.55 bits per heavy atom. The smallest absolute Gasteiger partial charge is 0.0482 e. The molecular formula is C18H23NS. The largest absolute Gasteiger partial charge is 0.384 e. The van der Waals surface area contributed by atoms with E-state index in [2.05, 4.69) is 68.6 Å². The molecule has 0 spiro atoms. The van der Waals surface area contributed by atoms with E-state index in [1.54, 1.807) is 0 Å². The number of para-hydroxylation sites is 1. The van der Waals surface area contributed by atoms with Crippen LogP contribution in [0.1, 0.15) is 30.9 Å². The van der Waals surface area contributed by atoms with Crippen molar-refractivity contribution in [3.05, 3.63) is 53.6 Å². The van der Waals surface area contributed by atoms with E-state index in [4.69, 9.17) is 0 Å². The maximum absolute atomic E-state index is 3.54. The molecule has 0 radical (unpaired) electrons. The fourth-order valence-corrected chi connectivity index (χ4v) is 3.12. The standard InChI is InChI=1S/C18H23NS/c1-4-5-12-19-16-8-6-7-9-18(16)20-17-11-10-14(2)13-15(17)3/h6-11,13,19H,4-5,12H2,1-3H3. The molecule has 0 bridgehead atoms. The van der Waals surface area contributed by atoms with Crippen LogP contribution in [-0.2, 0) is 0 Å². The molecule has 0 atom stereocenters. The van der Waals surface area contributed by atoms with Gasteiger partial charge < -0.3 is 5.32 Å². The Morgan fingerprint density at radius 2 is 1.80 bits per heavy atom. The van der Waals surface area contributed by atoms with Gasteiger partial charge in [0.1, 0.15) is 0 Å². The Bertz CT molecular complexity index is 563. The summed E-state index contributed by atoms with van der Waals surface area (Å²) >= 11 is 1.85. The summed E-state index contributed by atoms with van der Waals surface area (Å²) in [6.45, 7) is 7.59. The summed E-state index contributed by atoms with van der Waals surface area (Å²) in [7, 11) is 0. The first-order valence-corrected chi connectivity index (χ1v) is 8.10. The van der Waals surface area contributed by atoms with Crippen LogP contribution in [0.2, 0.25) is 0 Å². The fourth-order valence-electron chi connectivity index (χ4n) is 2.13. The molecule has 1 N–H and O–H groups in total. The van der Waals surface area contributed by atoms with Crippen LogP contribution in [0.3, 0.4) is 0 Å². The predicted octanol–water partition coefficient (Wildman–Crippen LogP) is 5.67. The molecule has 0 aliphatic carbocycles. The summed E-state index contributed by atoms with van der Waals surface area (Å²) in [6.07, 6.45) is 2.43. The minimum Gasteiger partial charge on any atom is -0.384 e. The average Bonchev–Trinajstić information content (AvgIpc) is 2.44. The summed E-state index contributed by atoms with van der Waals surface area (Å²) in [4.78, 5) is 2.64. The second kappa shape index (κ2) is 7.39. The topological polar surface area (TPSA) is 12.0 Å². The Hall–Kier alpha value is -1.41. The van der Waals surface area contributed by atoms with Gasteiger partial charge in [-0.2, -0.15) is 0 Å². The van der Waals surface area contributed by atoms with Crippen molar-refractivity contribution in [2.75, 3.05) is 11.9 Å². The molecule has 0 saturated heterocycles. The Kier molecular flexibility index (Phi) is 5.54. The third-order valence-electron chi connectivity index (χ3n) is 3.28. The highest BCUT2D eigenvalue weighted by atomic mass is 32.2. The third-order valence-corrected chi connectivity index (χ3v) is 4.54. The van der Waals surface area contributed by atoms with E-state index in [-0.39, 0.29) is 0 Å². The van der Waals surface area contributed by atoms with E-state index in [9.17, 15) is 0 Å². The summed E-state index contributed by atoms with van der Waals surface area (Å²) in [6, 6.07) is 15.2. The van der Waals surface area contributed by atoms with Crippen LogP contribution < -0.4 is 5.32 Å². The SMILES string of the molecule is CCCCNc1ccccc1Sc1ccc(C)cc1C. The Morgan fingerprint density at radius 1 is 1.00 bits per heavy atom. The van der Waals surface area contributed by atoms with Gasteiger partial charge in [0.05, 0.1) is 0 Å². The highest BCUT2D eigenvalue weighted by Crippen LogP contribution is 2.35. The summed E-state index contributed by atoms with van der Waals surface area (Å²) in [5.74, 6) is 0.